The second-order valence-corrected chi connectivity index (χ2v) is 7.56. The average molecular weight is 372 g/mol. The minimum absolute atomic E-state index is 0.329. The first kappa shape index (κ1) is 23.2. The quantitative estimate of drug-likeness (QED) is 0.343. The molecule has 0 heterocycles. The van der Waals surface area contributed by atoms with Gasteiger partial charge in [0.05, 0.1) is 25.4 Å². The third-order valence-electron chi connectivity index (χ3n) is 4.59. The van der Waals surface area contributed by atoms with Gasteiger partial charge in [-0.1, -0.05) is 26.7 Å². The van der Waals surface area contributed by atoms with E-state index in [-0.39, 0.29) is 0 Å². The topological polar surface area (TPSA) is 75.1 Å². The molecule has 0 aromatic rings. The Morgan fingerprint density at radius 2 is 1.88 bits per heavy atom. The van der Waals surface area contributed by atoms with E-state index in [2.05, 4.69) is 36.4 Å². The van der Waals surface area contributed by atoms with Crippen LogP contribution in [0.5, 0.6) is 0 Å². The molecular formula is C20H41N3O3. The highest BCUT2D eigenvalue weighted by molar-refractivity contribution is 5.79. The zero-order valence-electron chi connectivity index (χ0n) is 17.3. The van der Waals surface area contributed by atoms with Gasteiger partial charge in [-0.3, -0.25) is 4.99 Å². The molecule has 1 saturated carbocycles. The fourth-order valence-corrected chi connectivity index (χ4v) is 3.36. The molecule has 0 radical (unpaired) electrons. The summed E-state index contributed by atoms with van der Waals surface area (Å²) in [5.41, 5.74) is 0. The van der Waals surface area contributed by atoms with Crippen molar-refractivity contribution in [1.29, 1.82) is 0 Å². The molecule has 0 saturated heterocycles. The first-order valence-electron chi connectivity index (χ1n) is 10.5. The number of nitrogens with one attached hydrogen (secondary N) is 2. The van der Waals surface area contributed by atoms with Gasteiger partial charge in [0, 0.05) is 26.3 Å². The van der Waals surface area contributed by atoms with E-state index in [0.29, 0.717) is 37.7 Å². The van der Waals surface area contributed by atoms with Crippen LogP contribution >= 0.6 is 0 Å². The summed E-state index contributed by atoms with van der Waals surface area (Å²) in [4.78, 5) is 4.48. The molecule has 2 atom stereocenters. The Kier molecular flexibility index (Phi) is 12.7. The Bertz CT molecular complexity index is 371. The van der Waals surface area contributed by atoms with Gasteiger partial charge < -0.3 is 25.2 Å². The molecule has 1 aliphatic rings. The van der Waals surface area contributed by atoms with Crippen molar-refractivity contribution in [2.75, 3.05) is 39.5 Å². The van der Waals surface area contributed by atoms with Crippen LogP contribution in [0.25, 0.3) is 0 Å². The summed E-state index contributed by atoms with van der Waals surface area (Å²) in [6, 6.07) is 0. The van der Waals surface area contributed by atoms with Crippen LogP contribution in [-0.2, 0) is 9.47 Å². The van der Waals surface area contributed by atoms with Crippen molar-refractivity contribution < 1.29 is 14.6 Å². The number of ether oxygens (including phenoxy) is 2. The molecule has 0 spiro atoms. The van der Waals surface area contributed by atoms with Crippen molar-refractivity contribution in [3.8, 4) is 0 Å². The molecule has 0 amide bonds. The Hall–Kier alpha value is -0.850. The minimum atomic E-state index is -0.570. The predicted molar refractivity (Wildman–Crippen MR) is 108 cm³/mol. The van der Waals surface area contributed by atoms with E-state index in [1.807, 2.05) is 6.92 Å². The average Bonchev–Trinajstić information content (AvgIpc) is 3.13. The molecule has 1 aliphatic carbocycles. The minimum Gasteiger partial charge on any atom is -0.389 e. The molecule has 6 heteroatoms. The molecule has 0 aliphatic heterocycles. The van der Waals surface area contributed by atoms with Gasteiger partial charge in [-0.25, -0.2) is 0 Å². The molecule has 0 bridgehead atoms. The standard InChI is InChI=1S/C20H41N3O3/c1-5-21-20(23-13-18(24)15-25-14-16(3)4)22-12-11-19(26-6-2)17-9-7-8-10-17/h16-19,24H,5-15H2,1-4H3,(H2,21,22,23). The normalized spacial score (nSPS) is 18.3. The van der Waals surface area contributed by atoms with Crippen LogP contribution in [0, 0.1) is 11.8 Å². The molecule has 0 aromatic heterocycles. The number of aliphatic imine (C=N–C) groups is 1. The summed E-state index contributed by atoms with van der Waals surface area (Å²) >= 11 is 0. The highest BCUT2D eigenvalue weighted by atomic mass is 16.5. The highest BCUT2D eigenvalue weighted by Crippen LogP contribution is 2.30. The van der Waals surface area contributed by atoms with Crippen molar-refractivity contribution in [3.05, 3.63) is 0 Å². The SMILES string of the molecule is CCNC(=NCC(O)COCC(C)C)NCCC(OCC)C1CCCC1. The third-order valence-corrected chi connectivity index (χ3v) is 4.59. The van der Waals surface area contributed by atoms with Gasteiger partial charge in [-0.05, 0) is 44.9 Å². The van der Waals surface area contributed by atoms with E-state index < -0.39 is 6.10 Å². The molecule has 0 aromatic carbocycles. The van der Waals surface area contributed by atoms with E-state index in [4.69, 9.17) is 9.47 Å². The smallest absolute Gasteiger partial charge is 0.191 e. The van der Waals surface area contributed by atoms with Crippen molar-refractivity contribution >= 4 is 5.96 Å². The van der Waals surface area contributed by atoms with Crippen LogP contribution in [0.3, 0.4) is 0 Å². The monoisotopic (exact) mass is 371 g/mol. The predicted octanol–water partition coefficient (Wildman–Crippen LogP) is 2.56. The molecule has 154 valence electrons. The van der Waals surface area contributed by atoms with Gasteiger partial charge >= 0.3 is 0 Å². The van der Waals surface area contributed by atoms with Crippen LogP contribution in [-0.4, -0.2) is 62.7 Å². The lowest BCUT2D eigenvalue weighted by Crippen LogP contribution is -2.40. The summed E-state index contributed by atoms with van der Waals surface area (Å²) in [6.07, 6.45) is 6.02. The number of guanidine groups is 1. The number of aliphatic hydroxyl groups is 1. The zero-order chi connectivity index (χ0) is 19.2. The van der Waals surface area contributed by atoms with E-state index in [9.17, 15) is 5.11 Å². The van der Waals surface area contributed by atoms with Crippen molar-refractivity contribution in [2.24, 2.45) is 16.8 Å². The van der Waals surface area contributed by atoms with Crippen LogP contribution in [0.15, 0.2) is 4.99 Å². The summed E-state index contributed by atoms with van der Waals surface area (Å²) in [6.45, 7) is 12.0. The van der Waals surface area contributed by atoms with Crippen LogP contribution in [0.1, 0.15) is 59.8 Å². The molecule has 2 unspecified atom stereocenters. The fraction of sp³-hybridized carbons (Fsp3) is 0.950. The van der Waals surface area contributed by atoms with Gasteiger partial charge in [-0.2, -0.15) is 0 Å². The largest absolute Gasteiger partial charge is 0.389 e. The van der Waals surface area contributed by atoms with Crippen molar-refractivity contribution in [1.82, 2.24) is 10.6 Å². The second kappa shape index (κ2) is 14.2. The maximum Gasteiger partial charge on any atom is 0.191 e. The Morgan fingerprint density at radius 1 is 1.15 bits per heavy atom. The Labute approximate surface area is 160 Å². The van der Waals surface area contributed by atoms with Gasteiger partial charge in [0.15, 0.2) is 5.96 Å². The van der Waals surface area contributed by atoms with Crippen molar-refractivity contribution in [2.45, 2.75) is 72.0 Å². The van der Waals surface area contributed by atoms with E-state index in [1.54, 1.807) is 0 Å². The molecule has 3 N–H and O–H groups in total. The number of hydrogen-bond donors (Lipinski definition) is 3. The van der Waals surface area contributed by atoms with Crippen LogP contribution < -0.4 is 10.6 Å². The molecular weight excluding hydrogens is 330 g/mol. The lowest BCUT2D eigenvalue weighted by molar-refractivity contribution is 0.0169. The number of aliphatic hydroxyl groups excluding tert-OH is 1. The lowest BCUT2D eigenvalue weighted by Gasteiger charge is -2.24. The molecule has 6 nitrogen and oxygen atoms in total. The maximum atomic E-state index is 10.00. The molecule has 26 heavy (non-hydrogen) atoms. The first-order chi connectivity index (χ1) is 12.6. The first-order valence-corrected chi connectivity index (χ1v) is 10.5. The number of hydrogen-bond acceptors (Lipinski definition) is 4. The zero-order valence-corrected chi connectivity index (χ0v) is 17.3. The Balaban J connectivity index is 2.35. The highest BCUT2D eigenvalue weighted by Gasteiger charge is 2.25. The van der Waals surface area contributed by atoms with Crippen molar-refractivity contribution in [3.63, 3.8) is 0 Å². The molecule has 1 rings (SSSR count). The third kappa shape index (κ3) is 10.3. The summed E-state index contributed by atoms with van der Waals surface area (Å²) in [7, 11) is 0. The van der Waals surface area contributed by atoms with E-state index in [0.717, 1.165) is 32.1 Å². The van der Waals surface area contributed by atoms with Gasteiger partial charge in [0.2, 0.25) is 0 Å². The second-order valence-electron chi connectivity index (χ2n) is 7.56. The summed E-state index contributed by atoms with van der Waals surface area (Å²) in [5, 5.41) is 16.6. The lowest BCUT2D eigenvalue weighted by atomic mass is 9.98. The summed E-state index contributed by atoms with van der Waals surface area (Å²) < 4.78 is 11.4. The van der Waals surface area contributed by atoms with Gasteiger partial charge in [-0.15, -0.1) is 0 Å². The maximum absolute atomic E-state index is 10.00. The van der Waals surface area contributed by atoms with Gasteiger partial charge in [0.1, 0.15) is 0 Å². The summed E-state index contributed by atoms with van der Waals surface area (Å²) in [5.74, 6) is 1.93. The number of rotatable bonds is 13. The van der Waals surface area contributed by atoms with Gasteiger partial charge in [0.25, 0.3) is 0 Å². The fourth-order valence-electron chi connectivity index (χ4n) is 3.36. The van der Waals surface area contributed by atoms with E-state index >= 15 is 0 Å². The number of nitrogens with zero attached hydrogens (tertiary/aromatic N) is 1. The van der Waals surface area contributed by atoms with Crippen LogP contribution in [0.4, 0.5) is 0 Å². The Morgan fingerprint density at radius 3 is 2.50 bits per heavy atom. The van der Waals surface area contributed by atoms with E-state index in [1.165, 1.54) is 25.7 Å². The van der Waals surface area contributed by atoms with Crippen LogP contribution in [0.2, 0.25) is 0 Å². The molecule has 1 fully saturated rings.